The highest BCUT2D eigenvalue weighted by atomic mass is 16.1. The van der Waals surface area contributed by atoms with Gasteiger partial charge in [-0.25, -0.2) is 0 Å². The van der Waals surface area contributed by atoms with Crippen LogP contribution in [0.25, 0.3) is 22.4 Å². The van der Waals surface area contributed by atoms with Crippen molar-refractivity contribution in [1.29, 1.82) is 5.26 Å². The number of nitrogens with zero attached hydrogens (tertiary/aromatic N) is 2. The Morgan fingerprint density at radius 1 is 0.862 bits per heavy atom. The summed E-state index contributed by atoms with van der Waals surface area (Å²) in [6, 6.07) is 29.6. The number of hydrogen-bond donors (Lipinski definition) is 0. The lowest BCUT2D eigenvalue weighted by atomic mass is 9.98. The molecule has 29 heavy (non-hydrogen) atoms. The fourth-order valence-electron chi connectivity index (χ4n) is 4.14. The second-order valence-electron chi connectivity index (χ2n) is 7.23. The van der Waals surface area contributed by atoms with Crippen molar-refractivity contribution in [3.8, 4) is 28.5 Å². The van der Waals surface area contributed by atoms with Gasteiger partial charge in [0.25, 0.3) is 0 Å². The van der Waals surface area contributed by atoms with Gasteiger partial charge in [0.1, 0.15) is 0 Å². The minimum atomic E-state index is 0.0237. The molecule has 0 unspecified atom stereocenters. The molecule has 0 amide bonds. The average molecular weight is 374 g/mol. The van der Waals surface area contributed by atoms with Crippen molar-refractivity contribution in [3.05, 3.63) is 107 Å². The highest BCUT2D eigenvalue weighted by Crippen LogP contribution is 2.38. The van der Waals surface area contributed by atoms with Crippen LogP contribution < -0.4 is 0 Å². The summed E-state index contributed by atoms with van der Waals surface area (Å²) >= 11 is 0. The number of hydrogen-bond acceptors (Lipinski definition) is 2. The Morgan fingerprint density at radius 3 is 2.34 bits per heavy atom. The van der Waals surface area contributed by atoms with Gasteiger partial charge >= 0.3 is 0 Å². The Morgan fingerprint density at radius 2 is 1.59 bits per heavy atom. The van der Waals surface area contributed by atoms with Crippen LogP contribution in [0.3, 0.4) is 0 Å². The first-order chi connectivity index (χ1) is 14.3. The first kappa shape index (κ1) is 17.2. The van der Waals surface area contributed by atoms with E-state index >= 15 is 0 Å². The third-order valence-corrected chi connectivity index (χ3v) is 5.57. The van der Waals surface area contributed by atoms with Crippen LogP contribution in [0.4, 0.5) is 0 Å². The zero-order valence-electron chi connectivity index (χ0n) is 15.8. The van der Waals surface area contributed by atoms with Crippen molar-refractivity contribution >= 4 is 5.78 Å². The molecule has 0 saturated heterocycles. The predicted molar refractivity (Wildman–Crippen MR) is 114 cm³/mol. The van der Waals surface area contributed by atoms with Crippen LogP contribution in [-0.4, -0.2) is 10.4 Å². The summed E-state index contributed by atoms with van der Waals surface area (Å²) in [4.78, 5) is 13.5. The molecule has 1 aromatic heterocycles. The third-order valence-electron chi connectivity index (χ3n) is 5.57. The molecule has 0 aliphatic carbocycles. The number of fused-ring (bicyclic) bond motifs is 3. The van der Waals surface area contributed by atoms with E-state index < -0.39 is 0 Å². The van der Waals surface area contributed by atoms with Crippen molar-refractivity contribution in [2.75, 3.05) is 0 Å². The van der Waals surface area contributed by atoms with Gasteiger partial charge in [-0.05, 0) is 35.7 Å². The van der Waals surface area contributed by atoms with Gasteiger partial charge in [0.2, 0.25) is 5.78 Å². The Balaban J connectivity index is 1.75. The number of nitriles is 1. The van der Waals surface area contributed by atoms with Gasteiger partial charge < -0.3 is 4.57 Å². The van der Waals surface area contributed by atoms with E-state index in [1.54, 1.807) is 12.1 Å². The first-order valence-electron chi connectivity index (χ1n) is 9.68. The summed E-state index contributed by atoms with van der Waals surface area (Å²) < 4.78 is 2.16. The van der Waals surface area contributed by atoms with Crippen molar-refractivity contribution in [2.45, 2.75) is 13.0 Å². The van der Waals surface area contributed by atoms with Crippen LogP contribution in [0.1, 0.15) is 27.2 Å². The zero-order chi connectivity index (χ0) is 19.8. The topological polar surface area (TPSA) is 45.8 Å². The molecule has 3 aromatic carbocycles. The number of aromatic nitrogens is 1. The highest BCUT2D eigenvalue weighted by Gasteiger charge is 2.27. The maximum atomic E-state index is 13.5. The number of benzene rings is 3. The van der Waals surface area contributed by atoms with Crippen molar-refractivity contribution in [3.63, 3.8) is 0 Å². The number of ketones is 1. The number of carbonyl (C=O) groups excluding carboxylic acids is 1. The van der Waals surface area contributed by atoms with Gasteiger partial charge in [0, 0.05) is 28.9 Å². The molecule has 3 nitrogen and oxygen atoms in total. The molecule has 1 aliphatic heterocycles. The minimum Gasteiger partial charge on any atom is -0.337 e. The molecule has 0 fully saturated rings. The zero-order valence-corrected chi connectivity index (χ0v) is 15.8. The van der Waals surface area contributed by atoms with Gasteiger partial charge in [-0.3, -0.25) is 4.79 Å². The lowest BCUT2D eigenvalue weighted by molar-refractivity contribution is 0.103. The fraction of sp³-hybridized carbons (Fsp3) is 0.0769. The maximum absolute atomic E-state index is 13.5. The molecule has 4 aromatic rings. The van der Waals surface area contributed by atoms with Crippen LogP contribution in [0.2, 0.25) is 0 Å². The second-order valence-corrected chi connectivity index (χ2v) is 7.23. The summed E-state index contributed by atoms with van der Waals surface area (Å²) in [6.45, 7) is 0.774. The molecule has 0 radical (unpaired) electrons. The molecule has 0 atom stereocenters. The van der Waals surface area contributed by atoms with Gasteiger partial charge in [-0.1, -0.05) is 66.7 Å². The van der Waals surface area contributed by atoms with Crippen molar-refractivity contribution in [1.82, 2.24) is 4.57 Å². The molecule has 3 heteroatoms. The molecule has 0 saturated carbocycles. The Bertz CT molecular complexity index is 1260. The van der Waals surface area contributed by atoms with Gasteiger partial charge in [0.15, 0.2) is 0 Å². The van der Waals surface area contributed by atoms with Crippen LogP contribution >= 0.6 is 0 Å². The lowest BCUT2D eigenvalue weighted by Gasteiger charge is -2.21. The van der Waals surface area contributed by atoms with E-state index in [0.717, 1.165) is 29.8 Å². The molecule has 0 N–H and O–H groups in total. The van der Waals surface area contributed by atoms with Crippen molar-refractivity contribution in [2.24, 2.45) is 0 Å². The summed E-state index contributed by atoms with van der Waals surface area (Å²) in [7, 11) is 0. The summed E-state index contributed by atoms with van der Waals surface area (Å²) in [5.74, 6) is 0.0237. The van der Waals surface area contributed by atoms with Crippen molar-refractivity contribution < 1.29 is 4.79 Å². The summed E-state index contributed by atoms with van der Waals surface area (Å²) in [5, 5.41) is 9.12. The standard InChI is InChI=1S/C26H18N2O/c27-17-18-10-12-20(13-11-18)23-16-24-22-9-5-4-6-19(22)14-15-28(24)25(23)26(29)21-7-2-1-3-8-21/h1-13,16H,14-15H2. The Hall–Kier alpha value is -3.90. The van der Waals surface area contributed by atoms with Gasteiger partial charge in [-0.2, -0.15) is 5.26 Å². The van der Waals surface area contributed by atoms with E-state index in [-0.39, 0.29) is 5.78 Å². The van der Waals surface area contributed by atoms with Gasteiger partial charge in [-0.15, -0.1) is 0 Å². The van der Waals surface area contributed by atoms with E-state index in [0.29, 0.717) is 16.8 Å². The number of rotatable bonds is 3. The van der Waals surface area contributed by atoms with Gasteiger partial charge in [0.05, 0.1) is 17.3 Å². The van der Waals surface area contributed by atoms with E-state index in [1.807, 2.05) is 48.5 Å². The van der Waals surface area contributed by atoms with E-state index in [2.05, 4.69) is 34.9 Å². The predicted octanol–water partition coefficient (Wildman–Crippen LogP) is 5.48. The smallest absolute Gasteiger partial charge is 0.210 e. The largest absolute Gasteiger partial charge is 0.337 e. The molecule has 5 rings (SSSR count). The molecular weight excluding hydrogens is 356 g/mol. The van der Waals surface area contributed by atoms with Crippen LogP contribution in [0.15, 0.2) is 84.9 Å². The second kappa shape index (κ2) is 6.92. The molecule has 0 bridgehead atoms. The van der Waals surface area contributed by atoms with E-state index in [1.165, 1.54) is 11.1 Å². The summed E-state index contributed by atoms with van der Waals surface area (Å²) in [5.41, 5.74) is 7.43. The third kappa shape index (κ3) is 2.86. The molecule has 0 spiro atoms. The Labute approximate surface area is 169 Å². The average Bonchev–Trinajstić information content (AvgIpc) is 3.19. The maximum Gasteiger partial charge on any atom is 0.210 e. The van der Waals surface area contributed by atoms with Crippen LogP contribution in [-0.2, 0) is 13.0 Å². The quantitative estimate of drug-likeness (QED) is 0.446. The summed E-state index contributed by atoms with van der Waals surface area (Å²) in [6.07, 6.45) is 0.903. The first-order valence-corrected chi connectivity index (χ1v) is 9.68. The number of aryl methyl sites for hydroxylation is 1. The molecular formula is C26H18N2O. The fourth-order valence-corrected chi connectivity index (χ4v) is 4.14. The lowest BCUT2D eigenvalue weighted by Crippen LogP contribution is -2.17. The van der Waals surface area contributed by atoms with E-state index in [4.69, 9.17) is 5.26 Å². The molecule has 138 valence electrons. The SMILES string of the molecule is N#Cc1ccc(-c2cc3n(c2C(=O)c2ccccc2)CCc2ccccc2-3)cc1. The van der Waals surface area contributed by atoms with Crippen LogP contribution in [0.5, 0.6) is 0 Å². The normalized spacial score (nSPS) is 12.0. The van der Waals surface area contributed by atoms with E-state index in [9.17, 15) is 4.79 Å². The minimum absolute atomic E-state index is 0.0237. The monoisotopic (exact) mass is 374 g/mol. The Kier molecular flexibility index (Phi) is 4.11. The molecule has 1 aliphatic rings. The van der Waals surface area contributed by atoms with Crippen LogP contribution in [0, 0.1) is 11.3 Å². The highest BCUT2D eigenvalue weighted by molar-refractivity contribution is 6.12. The molecule has 2 heterocycles. The number of carbonyl (C=O) groups is 1.